The number of hydrogen-bond acceptors (Lipinski definition) is 3. The fourth-order valence-corrected chi connectivity index (χ4v) is 3.53. The molecule has 0 amide bonds. The van der Waals surface area contributed by atoms with E-state index in [1.807, 2.05) is 0 Å². The monoisotopic (exact) mass is 216 g/mol. The van der Waals surface area contributed by atoms with Crippen LogP contribution in [0.15, 0.2) is 24.5 Å². The van der Waals surface area contributed by atoms with E-state index in [9.17, 15) is 5.21 Å². The smallest absolute Gasteiger partial charge is 0.224 e. The van der Waals surface area contributed by atoms with Crippen LogP contribution >= 0.6 is 0 Å². The quantitative estimate of drug-likeness (QED) is 0.281. The minimum absolute atomic E-state index is 0.0775. The van der Waals surface area contributed by atoms with Crippen LogP contribution in [0.5, 0.6) is 0 Å². The number of fused-ring (bicyclic) bond motifs is 3. The summed E-state index contributed by atoms with van der Waals surface area (Å²) in [5.74, 6) is 0.234. The van der Waals surface area contributed by atoms with Crippen molar-refractivity contribution in [3.63, 3.8) is 0 Å². The van der Waals surface area contributed by atoms with Crippen LogP contribution < -0.4 is 4.73 Å². The molecule has 2 heterocycles. The summed E-state index contributed by atoms with van der Waals surface area (Å²) >= 11 is 0. The predicted octanol–water partition coefficient (Wildman–Crippen LogP) is 1.01. The van der Waals surface area contributed by atoms with Crippen molar-refractivity contribution in [3.8, 4) is 0 Å². The molecule has 3 aliphatic rings. The standard InChI is InChI=1S/C12H12N2O2/c1-11(2)12(16-11)7-3-4-8(12)10-9(7)13-5-6-14(10)15/h3-8H,1-2H3/t7-,8+,12+/m0/s1. The molecule has 0 N–H and O–H groups in total. The number of ether oxygens (including phenoxy) is 1. The van der Waals surface area contributed by atoms with Crippen LogP contribution in [0, 0.1) is 5.21 Å². The molecule has 2 bridgehead atoms. The molecule has 0 aromatic carbocycles. The summed E-state index contributed by atoms with van der Waals surface area (Å²) in [5.41, 5.74) is 1.30. The molecular weight excluding hydrogens is 204 g/mol. The molecule has 16 heavy (non-hydrogen) atoms. The lowest BCUT2D eigenvalue weighted by Gasteiger charge is -2.11. The van der Waals surface area contributed by atoms with E-state index in [0.717, 1.165) is 16.1 Å². The van der Waals surface area contributed by atoms with Crippen LogP contribution in [0.25, 0.3) is 0 Å². The lowest BCUT2D eigenvalue weighted by Crippen LogP contribution is -2.35. The lowest BCUT2D eigenvalue weighted by molar-refractivity contribution is -0.615. The largest absolute Gasteiger partial charge is 0.618 e. The first-order valence-corrected chi connectivity index (χ1v) is 5.54. The Morgan fingerprint density at radius 2 is 2.06 bits per heavy atom. The van der Waals surface area contributed by atoms with Crippen LogP contribution in [-0.4, -0.2) is 16.2 Å². The Balaban J connectivity index is 1.98. The Bertz CT molecular complexity index is 538. The van der Waals surface area contributed by atoms with Crippen LogP contribution in [-0.2, 0) is 4.74 Å². The molecule has 1 spiro atoms. The summed E-state index contributed by atoms with van der Waals surface area (Å²) < 4.78 is 6.86. The van der Waals surface area contributed by atoms with Gasteiger partial charge >= 0.3 is 0 Å². The molecule has 82 valence electrons. The Labute approximate surface area is 93.2 Å². The zero-order valence-corrected chi connectivity index (χ0v) is 9.18. The third-order valence-corrected chi connectivity index (χ3v) is 4.25. The van der Waals surface area contributed by atoms with Crippen molar-refractivity contribution in [2.75, 3.05) is 0 Å². The summed E-state index contributed by atoms with van der Waals surface area (Å²) in [5, 5.41) is 11.8. The maximum Gasteiger partial charge on any atom is 0.224 e. The van der Waals surface area contributed by atoms with Crippen molar-refractivity contribution in [3.05, 3.63) is 41.1 Å². The number of epoxide rings is 1. The van der Waals surface area contributed by atoms with Gasteiger partial charge in [-0.25, -0.2) is 4.98 Å². The van der Waals surface area contributed by atoms with E-state index >= 15 is 0 Å². The molecule has 2 aliphatic carbocycles. The normalized spacial score (nSPS) is 40.4. The van der Waals surface area contributed by atoms with Gasteiger partial charge in [0.2, 0.25) is 5.69 Å². The van der Waals surface area contributed by atoms with Crippen LogP contribution in [0.4, 0.5) is 0 Å². The number of hydrogen-bond donors (Lipinski definition) is 0. The van der Waals surface area contributed by atoms with Gasteiger partial charge in [0.15, 0.2) is 6.20 Å². The molecule has 0 radical (unpaired) electrons. The molecule has 1 saturated heterocycles. The second kappa shape index (κ2) is 2.15. The zero-order valence-electron chi connectivity index (χ0n) is 9.18. The summed E-state index contributed by atoms with van der Waals surface area (Å²) in [6, 6.07) is 0. The van der Waals surface area contributed by atoms with Gasteiger partial charge in [0.25, 0.3) is 0 Å². The van der Waals surface area contributed by atoms with Gasteiger partial charge in [-0.1, -0.05) is 12.2 Å². The van der Waals surface area contributed by atoms with E-state index in [-0.39, 0.29) is 23.0 Å². The highest BCUT2D eigenvalue weighted by molar-refractivity contribution is 5.52. The van der Waals surface area contributed by atoms with Gasteiger partial charge in [0, 0.05) is 0 Å². The Kier molecular flexibility index (Phi) is 1.17. The van der Waals surface area contributed by atoms with Crippen molar-refractivity contribution in [1.82, 2.24) is 4.98 Å². The first-order valence-electron chi connectivity index (χ1n) is 5.54. The van der Waals surface area contributed by atoms with Crippen molar-refractivity contribution in [1.29, 1.82) is 0 Å². The molecule has 3 atom stereocenters. The highest BCUT2D eigenvalue weighted by Crippen LogP contribution is 2.70. The molecule has 4 rings (SSSR count). The minimum atomic E-state index is -0.226. The lowest BCUT2D eigenvalue weighted by atomic mass is 9.84. The van der Waals surface area contributed by atoms with Gasteiger partial charge in [-0.3, -0.25) is 0 Å². The predicted molar refractivity (Wildman–Crippen MR) is 55.7 cm³/mol. The van der Waals surface area contributed by atoms with Crippen LogP contribution in [0.3, 0.4) is 0 Å². The average Bonchev–Trinajstić information content (AvgIpc) is 2.54. The van der Waals surface area contributed by atoms with Gasteiger partial charge in [-0.2, -0.15) is 4.73 Å². The Morgan fingerprint density at radius 3 is 2.69 bits per heavy atom. The van der Waals surface area contributed by atoms with E-state index < -0.39 is 0 Å². The van der Waals surface area contributed by atoms with E-state index in [1.165, 1.54) is 6.20 Å². The first kappa shape index (κ1) is 8.70. The molecular formula is C12H12N2O2. The summed E-state index contributed by atoms with van der Waals surface area (Å²) in [7, 11) is 0. The number of nitrogens with zero attached hydrogens (tertiary/aromatic N) is 2. The highest BCUT2D eigenvalue weighted by Gasteiger charge is 2.78. The summed E-state index contributed by atoms with van der Waals surface area (Å²) in [6.45, 7) is 4.17. The number of aromatic nitrogens is 2. The van der Waals surface area contributed by atoms with E-state index in [2.05, 4.69) is 31.0 Å². The third kappa shape index (κ3) is 0.659. The van der Waals surface area contributed by atoms with Crippen molar-refractivity contribution in [2.24, 2.45) is 0 Å². The second-order valence-electron chi connectivity index (χ2n) is 5.27. The molecule has 0 unspecified atom stereocenters. The molecule has 4 nitrogen and oxygen atoms in total. The average molecular weight is 216 g/mol. The Hall–Kier alpha value is -1.42. The minimum Gasteiger partial charge on any atom is -0.618 e. The van der Waals surface area contributed by atoms with E-state index in [0.29, 0.717) is 0 Å². The topological polar surface area (TPSA) is 52.4 Å². The molecule has 0 saturated carbocycles. The summed E-state index contributed by atoms with van der Waals surface area (Å²) in [4.78, 5) is 4.35. The Morgan fingerprint density at radius 1 is 1.38 bits per heavy atom. The maximum atomic E-state index is 11.8. The van der Waals surface area contributed by atoms with Crippen LogP contribution in [0.1, 0.15) is 37.1 Å². The number of rotatable bonds is 0. The van der Waals surface area contributed by atoms with E-state index in [1.54, 1.807) is 6.20 Å². The molecule has 4 heteroatoms. The van der Waals surface area contributed by atoms with Gasteiger partial charge in [0.05, 0.1) is 23.6 Å². The molecule has 1 aromatic heterocycles. The van der Waals surface area contributed by atoms with Gasteiger partial charge < -0.3 is 9.94 Å². The fourth-order valence-electron chi connectivity index (χ4n) is 3.53. The second-order valence-corrected chi connectivity index (χ2v) is 5.27. The van der Waals surface area contributed by atoms with Gasteiger partial charge in [0.1, 0.15) is 11.3 Å². The van der Waals surface area contributed by atoms with Crippen molar-refractivity contribution < 1.29 is 9.47 Å². The summed E-state index contributed by atoms with van der Waals surface area (Å²) in [6.07, 6.45) is 7.27. The molecule has 1 aromatic rings. The van der Waals surface area contributed by atoms with Gasteiger partial charge in [-0.05, 0) is 13.8 Å². The molecule has 1 aliphatic heterocycles. The maximum absolute atomic E-state index is 11.8. The first-order chi connectivity index (χ1) is 7.58. The van der Waals surface area contributed by atoms with Gasteiger partial charge in [-0.15, -0.1) is 0 Å². The third-order valence-electron chi connectivity index (χ3n) is 4.25. The SMILES string of the molecule is CC1(C)O[C@]12[C@@H]1C=C[C@H]2c2ncc[n+]([O-])c21. The molecule has 1 fully saturated rings. The van der Waals surface area contributed by atoms with Crippen molar-refractivity contribution >= 4 is 0 Å². The van der Waals surface area contributed by atoms with E-state index in [4.69, 9.17) is 4.74 Å². The van der Waals surface area contributed by atoms with Crippen molar-refractivity contribution in [2.45, 2.75) is 36.9 Å². The highest BCUT2D eigenvalue weighted by atomic mass is 16.6. The van der Waals surface area contributed by atoms with Crippen LogP contribution in [0.2, 0.25) is 0 Å². The zero-order chi connectivity index (χ0) is 11.1. The fraction of sp³-hybridized carbons (Fsp3) is 0.500.